The molecule has 8 nitrogen and oxygen atoms in total. The van der Waals surface area contributed by atoms with Crippen molar-refractivity contribution in [3.05, 3.63) is 84.7 Å². The minimum atomic E-state index is -3.83. The maximum absolute atomic E-state index is 13.3. The van der Waals surface area contributed by atoms with Gasteiger partial charge in [0.25, 0.3) is 0 Å². The van der Waals surface area contributed by atoms with Gasteiger partial charge >= 0.3 is 7.12 Å². The molecule has 0 radical (unpaired) electrons. The summed E-state index contributed by atoms with van der Waals surface area (Å²) in [7, 11) is -5.55. The normalized spacial score (nSPS) is 15.1. The molecule has 36 heavy (non-hydrogen) atoms. The number of aromatic nitrogens is 1. The van der Waals surface area contributed by atoms with Gasteiger partial charge in [-0.2, -0.15) is 0 Å². The number of carbonyl (C=O) groups is 1. The first kappa shape index (κ1) is 25.9. The van der Waals surface area contributed by atoms with Gasteiger partial charge in [-0.05, 0) is 60.7 Å². The molecular formula is C26H29BN2O6S. The molecule has 2 atom stereocenters. The Morgan fingerprint density at radius 2 is 1.75 bits per heavy atom. The van der Waals surface area contributed by atoms with Crippen molar-refractivity contribution in [2.24, 2.45) is 11.8 Å². The summed E-state index contributed by atoms with van der Waals surface area (Å²) in [5.74, 6) is -1.36. The number of rotatable bonds is 12. The average molecular weight is 508 g/mol. The molecule has 1 fully saturated rings. The van der Waals surface area contributed by atoms with Crippen LogP contribution in [0.4, 0.5) is 0 Å². The number of nitrogens with one attached hydrogen (secondary N) is 1. The van der Waals surface area contributed by atoms with Crippen LogP contribution in [0.1, 0.15) is 24.8 Å². The zero-order valence-electron chi connectivity index (χ0n) is 19.7. The van der Waals surface area contributed by atoms with Crippen LogP contribution in [0.2, 0.25) is 0 Å². The minimum absolute atomic E-state index is 0.0728. The predicted molar refractivity (Wildman–Crippen MR) is 136 cm³/mol. The zero-order chi connectivity index (χ0) is 25.5. The summed E-state index contributed by atoms with van der Waals surface area (Å²) in [6.45, 7) is 0. The first-order valence-corrected chi connectivity index (χ1v) is 13.6. The van der Waals surface area contributed by atoms with Gasteiger partial charge in [-0.25, -0.2) is 8.42 Å². The fourth-order valence-electron chi connectivity index (χ4n) is 4.01. The molecule has 1 heterocycles. The predicted octanol–water partition coefficient (Wildman–Crippen LogP) is 2.80. The monoisotopic (exact) mass is 508 g/mol. The van der Waals surface area contributed by atoms with E-state index < -0.39 is 40.5 Å². The van der Waals surface area contributed by atoms with E-state index in [1.165, 1.54) is 12.1 Å². The molecule has 188 valence electrons. The second kappa shape index (κ2) is 11.7. The van der Waals surface area contributed by atoms with E-state index in [9.17, 15) is 23.3 Å². The lowest BCUT2D eigenvalue weighted by Gasteiger charge is -2.22. The van der Waals surface area contributed by atoms with Gasteiger partial charge in [0.05, 0.1) is 28.7 Å². The summed E-state index contributed by atoms with van der Waals surface area (Å²) in [4.78, 5) is 17.3. The van der Waals surface area contributed by atoms with Crippen molar-refractivity contribution >= 4 is 22.9 Å². The fraction of sp³-hybridized carbons (Fsp3) is 0.308. The lowest BCUT2D eigenvalue weighted by atomic mass is 9.76. The number of carbonyl (C=O) groups excluding carboxylic acids is 1. The van der Waals surface area contributed by atoms with E-state index in [2.05, 4.69) is 10.3 Å². The Bertz CT molecular complexity index is 1240. The van der Waals surface area contributed by atoms with E-state index in [0.29, 0.717) is 23.8 Å². The number of nitrogens with zero attached hydrogens (tertiary/aromatic N) is 1. The van der Waals surface area contributed by atoms with Gasteiger partial charge in [0, 0.05) is 6.20 Å². The maximum Gasteiger partial charge on any atom is 0.475 e. The standard InChI is InChI=1S/C26H29BN2O6S/c30-26(29-25(27(31)32)16-20-8-9-20)21(15-19-5-2-1-3-6-19)18-36(33,34)24-12-10-22(11-13-24)35-23-7-4-14-28-17-23/h1-7,10-14,17,20-21,25,31-32H,8-9,15-16,18H2,(H,29,30)/t21-,25+/m1/s1. The van der Waals surface area contributed by atoms with Gasteiger partial charge in [0.15, 0.2) is 9.84 Å². The van der Waals surface area contributed by atoms with Gasteiger partial charge in [-0.1, -0.05) is 43.2 Å². The van der Waals surface area contributed by atoms with Crippen LogP contribution in [0.25, 0.3) is 0 Å². The highest BCUT2D eigenvalue weighted by Crippen LogP contribution is 2.34. The van der Waals surface area contributed by atoms with E-state index in [4.69, 9.17) is 4.74 Å². The number of pyridine rings is 1. The highest BCUT2D eigenvalue weighted by molar-refractivity contribution is 7.91. The Kier molecular flexibility index (Phi) is 8.40. The van der Waals surface area contributed by atoms with Crippen LogP contribution in [0.5, 0.6) is 11.5 Å². The number of amides is 1. The van der Waals surface area contributed by atoms with E-state index in [1.54, 1.807) is 36.7 Å². The van der Waals surface area contributed by atoms with Crippen molar-refractivity contribution in [1.82, 2.24) is 10.3 Å². The number of hydrogen-bond acceptors (Lipinski definition) is 7. The smallest absolute Gasteiger partial charge is 0.456 e. The van der Waals surface area contributed by atoms with Crippen molar-refractivity contribution in [3.63, 3.8) is 0 Å². The third-order valence-corrected chi connectivity index (χ3v) is 7.97. The minimum Gasteiger partial charge on any atom is -0.456 e. The molecule has 1 aromatic heterocycles. The van der Waals surface area contributed by atoms with Gasteiger partial charge < -0.3 is 20.1 Å². The number of ether oxygens (including phenoxy) is 1. The molecule has 10 heteroatoms. The Morgan fingerprint density at radius 3 is 2.36 bits per heavy atom. The summed E-state index contributed by atoms with van der Waals surface area (Å²) in [6, 6.07) is 18.7. The molecule has 0 bridgehead atoms. The summed E-state index contributed by atoms with van der Waals surface area (Å²) in [5.41, 5.74) is 0.816. The molecule has 1 saturated carbocycles. The summed E-state index contributed by atoms with van der Waals surface area (Å²) in [6.07, 6.45) is 5.80. The molecule has 1 aliphatic rings. The largest absolute Gasteiger partial charge is 0.475 e. The molecule has 2 aromatic carbocycles. The molecule has 0 aliphatic heterocycles. The van der Waals surface area contributed by atoms with E-state index >= 15 is 0 Å². The van der Waals surface area contributed by atoms with Crippen LogP contribution in [0.15, 0.2) is 84.0 Å². The van der Waals surface area contributed by atoms with Gasteiger partial charge in [-0.15, -0.1) is 0 Å². The highest BCUT2D eigenvalue weighted by atomic mass is 32.2. The van der Waals surface area contributed by atoms with Crippen molar-refractivity contribution in [2.45, 2.75) is 36.5 Å². The second-order valence-corrected chi connectivity index (χ2v) is 11.2. The molecular weight excluding hydrogens is 479 g/mol. The number of sulfone groups is 1. The van der Waals surface area contributed by atoms with Crippen LogP contribution < -0.4 is 10.1 Å². The summed E-state index contributed by atoms with van der Waals surface area (Å²) in [5, 5.41) is 22.2. The average Bonchev–Trinajstić information content (AvgIpc) is 3.69. The van der Waals surface area contributed by atoms with E-state index in [1.807, 2.05) is 30.3 Å². The molecule has 4 rings (SSSR count). The molecule has 1 amide bonds. The number of hydrogen-bond donors (Lipinski definition) is 3. The third-order valence-electron chi connectivity index (χ3n) is 6.14. The van der Waals surface area contributed by atoms with Crippen LogP contribution in [-0.2, 0) is 21.1 Å². The van der Waals surface area contributed by atoms with Gasteiger partial charge in [0.2, 0.25) is 5.91 Å². The first-order valence-electron chi connectivity index (χ1n) is 11.9. The Hall–Kier alpha value is -3.21. The van der Waals surface area contributed by atoms with Crippen molar-refractivity contribution in [3.8, 4) is 11.5 Å². The maximum atomic E-state index is 13.3. The second-order valence-electron chi connectivity index (χ2n) is 9.14. The first-order chi connectivity index (χ1) is 17.3. The van der Waals surface area contributed by atoms with Crippen molar-refractivity contribution in [1.29, 1.82) is 0 Å². The fourth-order valence-corrected chi connectivity index (χ4v) is 5.56. The summed E-state index contributed by atoms with van der Waals surface area (Å²) < 4.78 is 32.2. The van der Waals surface area contributed by atoms with E-state index in [-0.39, 0.29) is 11.3 Å². The zero-order valence-corrected chi connectivity index (χ0v) is 20.5. The molecule has 1 aliphatic carbocycles. The lowest BCUT2D eigenvalue weighted by Crippen LogP contribution is -2.50. The lowest BCUT2D eigenvalue weighted by molar-refractivity contribution is -0.124. The van der Waals surface area contributed by atoms with E-state index in [0.717, 1.165) is 18.4 Å². The molecule has 0 spiro atoms. The van der Waals surface area contributed by atoms with Crippen molar-refractivity contribution < 1.29 is 28.0 Å². The highest BCUT2D eigenvalue weighted by Gasteiger charge is 2.35. The Morgan fingerprint density at radius 1 is 1.03 bits per heavy atom. The molecule has 0 saturated heterocycles. The molecule has 3 N–H and O–H groups in total. The molecule has 3 aromatic rings. The van der Waals surface area contributed by atoms with Crippen LogP contribution >= 0.6 is 0 Å². The summed E-state index contributed by atoms with van der Waals surface area (Å²) >= 11 is 0. The van der Waals surface area contributed by atoms with Crippen LogP contribution in [0.3, 0.4) is 0 Å². The topological polar surface area (TPSA) is 126 Å². The number of benzene rings is 2. The van der Waals surface area contributed by atoms with Crippen molar-refractivity contribution in [2.75, 3.05) is 5.75 Å². The van der Waals surface area contributed by atoms with Gasteiger partial charge in [0.1, 0.15) is 11.5 Å². The quantitative estimate of drug-likeness (QED) is 0.321. The molecule has 0 unspecified atom stereocenters. The van der Waals surface area contributed by atoms with Crippen LogP contribution in [0, 0.1) is 11.8 Å². The SMILES string of the molecule is O=C(N[C@@H](CC1CC1)B(O)O)[C@H](Cc1ccccc1)CS(=O)(=O)c1ccc(Oc2cccnc2)cc1. The third kappa shape index (κ3) is 7.40. The Labute approximate surface area is 211 Å². The van der Waals surface area contributed by atoms with Crippen LogP contribution in [-0.4, -0.2) is 48.2 Å². The Balaban J connectivity index is 1.50. The van der Waals surface area contributed by atoms with Gasteiger partial charge in [-0.3, -0.25) is 9.78 Å².